The van der Waals surface area contributed by atoms with Gasteiger partial charge in [0.1, 0.15) is 14.5 Å². The lowest BCUT2D eigenvalue weighted by molar-refractivity contribution is -1.91. The van der Waals surface area contributed by atoms with Gasteiger partial charge in [-0.3, -0.25) is 0 Å². The Morgan fingerprint density at radius 1 is 0.710 bits per heavy atom. The molecule has 0 aromatic heterocycles. The van der Waals surface area contributed by atoms with Crippen molar-refractivity contribution in [3.05, 3.63) is 114 Å². The van der Waals surface area contributed by atoms with Crippen LogP contribution in [0.25, 0.3) is 10.5 Å². The predicted octanol–water partition coefficient (Wildman–Crippen LogP) is 2.48. The van der Waals surface area contributed by atoms with Crippen molar-refractivity contribution in [1.29, 1.82) is 0 Å². The van der Waals surface area contributed by atoms with E-state index in [1.807, 2.05) is 104 Å². The van der Waals surface area contributed by atoms with E-state index in [0.29, 0.717) is 9.77 Å². The van der Waals surface area contributed by atoms with Gasteiger partial charge in [-0.2, -0.15) is 14.0 Å². The summed E-state index contributed by atoms with van der Waals surface area (Å²) < 4.78 is 39.9. The number of rotatable bonds is 6. The molecule has 3 aromatic rings. The van der Waals surface area contributed by atoms with Crippen molar-refractivity contribution in [2.24, 2.45) is 0 Å². The van der Waals surface area contributed by atoms with Crippen molar-refractivity contribution in [3.8, 4) is 0 Å². The van der Waals surface area contributed by atoms with E-state index in [2.05, 4.69) is 5.32 Å². The number of anilines is 1. The van der Waals surface area contributed by atoms with E-state index in [1.54, 1.807) is 0 Å². The molecule has 0 spiro atoms. The summed E-state index contributed by atoms with van der Waals surface area (Å²) in [5.74, 6) is 0. The normalized spacial score (nSPS) is 16.5. The van der Waals surface area contributed by atoms with E-state index < -0.39 is 21.0 Å². The van der Waals surface area contributed by atoms with E-state index in [1.165, 1.54) is 0 Å². The van der Waals surface area contributed by atoms with Crippen LogP contribution in [0.5, 0.6) is 0 Å². The first kappa shape index (κ1) is 21.5. The van der Waals surface area contributed by atoms with Crippen molar-refractivity contribution < 1.29 is 28.0 Å². The molecule has 0 fully saturated rings. The molecule has 1 heterocycles. The van der Waals surface area contributed by atoms with Gasteiger partial charge in [0, 0.05) is 12.7 Å². The zero-order valence-electron chi connectivity index (χ0n) is 16.7. The van der Waals surface area contributed by atoms with E-state index in [0.717, 1.165) is 28.0 Å². The van der Waals surface area contributed by atoms with Crippen molar-refractivity contribution in [1.82, 2.24) is 0 Å². The Morgan fingerprint density at radius 2 is 1.29 bits per heavy atom. The Labute approximate surface area is 185 Å². The fraction of sp³-hybridized carbons (Fsp3) is 0.0417. The lowest BCUT2D eigenvalue weighted by Crippen LogP contribution is -2.60. The largest absolute Gasteiger partial charge is 0.388 e. The van der Waals surface area contributed by atoms with E-state index in [-0.39, 0.29) is 0 Å². The summed E-state index contributed by atoms with van der Waals surface area (Å²) in [5, 5.41) is 3.10. The molecule has 0 aliphatic carbocycles. The minimum atomic E-state index is -4.63. The second kappa shape index (κ2) is 9.20. The van der Waals surface area contributed by atoms with E-state index >= 15 is 0 Å². The Morgan fingerprint density at radius 3 is 1.84 bits per heavy atom. The van der Waals surface area contributed by atoms with Crippen LogP contribution in [-0.4, -0.2) is 11.9 Å². The lowest BCUT2D eigenvalue weighted by Gasteiger charge is -2.22. The molecule has 4 rings (SSSR count). The molecule has 0 bridgehead atoms. The fourth-order valence-electron chi connectivity index (χ4n) is 3.28. The van der Waals surface area contributed by atoms with Crippen LogP contribution in [0.3, 0.4) is 0 Å². The molecule has 1 N–H and O–H groups in total. The van der Waals surface area contributed by atoms with Crippen molar-refractivity contribution >= 4 is 31.8 Å². The van der Waals surface area contributed by atoms with Crippen LogP contribution >= 0.6 is 10.8 Å². The SMILES string of the molecule is CNc1ccc(C2=CC(c3ccccc3)=S(O[Cl+3]([O-])([O-])[O-])C(c3ccccc3)=C2)cc1. The van der Waals surface area contributed by atoms with Crippen LogP contribution in [-0.2, 0) is 3.74 Å². The van der Waals surface area contributed by atoms with Crippen LogP contribution in [0.1, 0.15) is 16.7 Å². The van der Waals surface area contributed by atoms with Crippen LogP contribution in [0.4, 0.5) is 5.69 Å². The molecule has 3 aromatic carbocycles. The fourth-order valence-corrected chi connectivity index (χ4v) is 5.84. The average molecular weight is 454 g/mol. The number of benzene rings is 3. The zero-order chi connectivity index (χ0) is 21.8. The highest BCUT2D eigenvalue weighted by atomic mass is 35.7. The quantitative estimate of drug-likeness (QED) is 0.579. The average Bonchev–Trinajstić information content (AvgIpc) is 2.79. The van der Waals surface area contributed by atoms with Crippen molar-refractivity contribution in [2.75, 3.05) is 12.4 Å². The minimum Gasteiger partial charge on any atom is -0.388 e. The smallest absolute Gasteiger partial charge is 0.148 e. The third-order valence-electron chi connectivity index (χ3n) is 4.74. The Balaban J connectivity index is 1.95. The first-order chi connectivity index (χ1) is 14.9. The van der Waals surface area contributed by atoms with Gasteiger partial charge in [-0.15, -0.1) is 0 Å². The van der Waals surface area contributed by atoms with Crippen molar-refractivity contribution in [2.45, 2.75) is 0 Å². The molecule has 0 radical (unpaired) electrons. The van der Waals surface area contributed by atoms with Gasteiger partial charge < -0.3 is 5.32 Å². The van der Waals surface area contributed by atoms with Gasteiger partial charge in [-0.05, 0) is 46.5 Å². The molecule has 1 atom stereocenters. The summed E-state index contributed by atoms with van der Waals surface area (Å²) in [6.07, 6.45) is 3.78. The first-order valence-corrected chi connectivity index (χ1v) is 11.9. The number of halogens is 1. The Kier molecular flexibility index (Phi) is 6.38. The van der Waals surface area contributed by atoms with Gasteiger partial charge in [0.05, 0.1) is 20.0 Å². The topological polar surface area (TPSA) is 90.4 Å². The second-order valence-corrected chi connectivity index (χ2v) is 9.42. The molecule has 0 saturated carbocycles. The first-order valence-electron chi connectivity index (χ1n) is 9.49. The van der Waals surface area contributed by atoms with Gasteiger partial charge in [0.15, 0.2) is 0 Å². The summed E-state index contributed by atoms with van der Waals surface area (Å²) >= 11 is 0. The van der Waals surface area contributed by atoms with Crippen LogP contribution in [0, 0.1) is 10.2 Å². The Hall–Kier alpha value is -2.71. The van der Waals surface area contributed by atoms with E-state index in [4.69, 9.17) is 3.74 Å². The maximum Gasteiger partial charge on any atom is 0.148 e. The summed E-state index contributed by atoms with van der Waals surface area (Å²) in [6, 6.07) is 26.6. The maximum absolute atomic E-state index is 11.6. The summed E-state index contributed by atoms with van der Waals surface area (Å²) in [4.78, 5) is 1.25. The molecule has 5 nitrogen and oxygen atoms in total. The van der Waals surface area contributed by atoms with Crippen LogP contribution in [0.2, 0.25) is 0 Å². The number of allylic oxidation sites excluding steroid dienone is 3. The molecular formula is C24H20ClNO4S. The summed E-state index contributed by atoms with van der Waals surface area (Å²) in [7, 11) is -4.19. The molecule has 158 valence electrons. The molecule has 1 aliphatic heterocycles. The van der Waals surface area contributed by atoms with Gasteiger partial charge in [0.2, 0.25) is 0 Å². The van der Waals surface area contributed by atoms with Crippen LogP contribution in [0.15, 0.2) is 97.1 Å². The standard InChI is InChI=1S/C24H20ClNO4S/c1-26-22-14-12-18(13-15-22)21-16-23(19-8-4-2-5-9-19)31(30-25(27,28)29)24(17-21)20-10-6-3-7-11-20/h2-17,26H,1H3. The van der Waals surface area contributed by atoms with Gasteiger partial charge >= 0.3 is 0 Å². The molecular weight excluding hydrogens is 434 g/mol. The summed E-state index contributed by atoms with van der Waals surface area (Å²) in [5.41, 5.74) is 4.42. The predicted molar refractivity (Wildman–Crippen MR) is 118 cm³/mol. The van der Waals surface area contributed by atoms with Gasteiger partial charge in [-0.1, -0.05) is 72.8 Å². The molecule has 0 saturated heterocycles. The van der Waals surface area contributed by atoms with Gasteiger partial charge in [-0.25, -0.2) is 0 Å². The Bertz CT molecular complexity index is 1150. The number of nitrogens with one attached hydrogen (secondary N) is 1. The van der Waals surface area contributed by atoms with Crippen molar-refractivity contribution in [3.63, 3.8) is 0 Å². The molecule has 31 heavy (non-hydrogen) atoms. The maximum atomic E-state index is 11.6. The van der Waals surface area contributed by atoms with Gasteiger partial charge in [0.25, 0.3) is 0 Å². The highest BCUT2D eigenvalue weighted by Crippen LogP contribution is 2.44. The minimum absolute atomic E-state index is 0.626. The zero-order valence-corrected chi connectivity index (χ0v) is 18.2. The second-order valence-electron chi connectivity index (χ2n) is 6.74. The molecule has 0 amide bonds. The number of hydrogen-bond acceptors (Lipinski definition) is 5. The molecule has 7 heteroatoms. The lowest BCUT2D eigenvalue weighted by atomic mass is 10.00. The third kappa shape index (κ3) is 5.14. The highest BCUT2D eigenvalue weighted by molar-refractivity contribution is 8.20. The number of hydrogen-bond donors (Lipinski definition) is 1. The van der Waals surface area contributed by atoms with Crippen LogP contribution < -0.4 is 19.3 Å². The van der Waals surface area contributed by atoms with E-state index in [9.17, 15) is 14.0 Å². The summed E-state index contributed by atoms with van der Waals surface area (Å²) in [6.45, 7) is 0. The highest BCUT2D eigenvalue weighted by Gasteiger charge is 2.31. The third-order valence-corrected chi connectivity index (χ3v) is 7.36. The monoisotopic (exact) mass is 453 g/mol. The molecule has 1 unspecified atom stereocenters. The molecule has 1 aliphatic rings.